The summed E-state index contributed by atoms with van der Waals surface area (Å²) >= 11 is 0. The maximum absolute atomic E-state index is 11.1. The third-order valence-corrected chi connectivity index (χ3v) is 1.96. The van der Waals surface area contributed by atoms with Crippen molar-refractivity contribution in [3.05, 3.63) is 36.1 Å². The minimum absolute atomic E-state index is 0.0385. The van der Waals surface area contributed by atoms with E-state index in [0.717, 1.165) is 12.0 Å². The van der Waals surface area contributed by atoms with Crippen LogP contribution >= 0.6 is 0 Å². The van der Waals surface area contributed by atoms with Gasteiger partial charge in [0.25, 0.3) is 0 Å². The molecule has 0 saturated heterocycles. The van der Waals surface area contributed by atoms with E-state index in [0.29, 0.717) is 12.4 Å². The molecule has 1 rings (SSSR count). The van der Waals surface area contributed by atoms with E-state index in [1.54, 1.807) is 18.2 Å². The Morgan fingerprint density at radius 1 is 1.47 bits per heavy atom. The molecule has 0 amide bonds. The molecule has 0 fully saturated rings. The zero-order chi connectivity index (χ0) is 12.7. The van der Waals surface area contributed by atoms with Crippen molar-refractivity contribution in [1.82, 2.24) is 0 Å². The molecule has 1 N–H and O–H groups in total. The van der Waals surface area contributed by atoms with Crippen LogP contribution in [0.5, 0.6) is 11.5 Å². The Hall–Kier alpha value is -1.97. The average Bonchev–Trinajstić information content (AvgIpc) is 2.29. The summed E-state index contributed by atoms with van der Waals surface area (Å²) in [4.78, 5) is 11.1. The molecular formula is C13H16O4. The van der Waals surface area contributed by atoms with Gasteiger partial charge >= 0.3 is 5.97 Å². The number of carbonyl (C=O) groups excluding carboxylic acids is 1. The van der Waals surface area contributed by atoms with Crippen LogP contribution in [0.3, 0.4) is 0 Å². The van der Waals surface area contributed by atoms with Crippen LogP contribution in [0.15, 0.2) is 30.5 Å². The van der Waals surface area contributed by atoms with E-state index in [9.17, 15) is 9.90 Å². The maximum Gasteiger partial charge on any atom is 0.333 e. The number of phenols is 1. The number of benzene rings is 1. The summed E-state index contributed by atoms with van der Waals surface area (Å²) in [6.45, 7) is 4.16. The van der Waals surface area contributed by atoms with E-state index in [-0.39, 0.29) is 5.75 Å². The van der Waals surface area contributed by atoms with Gasteiger partial charge < -0.3 is 14.6 Å². The number of esters is 1. The molecule has 17 heavy (non-hydrogen) atoms. The van der Waals surface area contributed by atoms with E-state index in [1.807, 2.05) is 13.8 Å². The maximum atomic E-state index is 11.1. The second-order valence-electron chi connectivity index (χ2n) is 3.56. The molecule has 1 aromatic rings. The molecule has 0 aromatic heterocycles. The highest BCUT2D eigenvalue weighted by Gasteiger charge is 2.01. The molecule has 0 saturated carbocycles. The molecule has 4 nitrogen and oxygen atoms in total. The molecule has 0 aliphatic carbocycles. The number of hydrogen-bond acceptors (Lipinski definition) is 4. The Bertz CT molecular complexity index is 410. The Morgan fingerprint density at radius 3 is 2.88 bits per heavy atom. The van der Waals surface area contributed by atoms with Crippen molar-refractivity contribution in [2.75, 3.05) is 6.61 Å². The van der Waals surface area contributed by atoms with Crippen molar-refractivity contribution in [2.45, 2.75) is 20.3 Å². The first-order valence-corrected chi connectivity index (χ1v) is 5.43. The van der Waals surface area contributed by atoms with Crippen LogP contribution in [0.2, 0.25) is 0 Å². The molecule has 0 spiro atoms. The fourth-order valence-electron chi connectivity index (χ4n) is 1.14. The standard InChI is InChI=1S/C13H16O4/c1-3-7-17-13(15)6-8-16-12-5-4-10(2)9-11(12)14/h4-6,8-9,14H,3,7H2,1-2H3. The molecule has 1 aromatic carbocycles. The lowest BCUT2D eigenvalue weighted by atomic mass is 10.2. The van der Waals surface area contributed by atoms with Crippen molar-refractivity contribution in [3.8, 4) is 11.5 Å². The predicted octanol–water partition coefficient (Wildman–Crippen LogP) is 2.55. The first-order chi connectivity index (χ1) is 8.13. The van der Waals surface area contributed by atoms with E-state index >= 15 is 0 Å². The van der Waals surface area contributed by atoms with Gasteiger partial charge in [0.15, 0.2) is 11.5 Å². The number of aryl methyl sites for hydroxylation is 1. The smallest absolute Gasteiger partial charge is 0.333 e. The average molecular weight is 236 g/mol. The summed E-state index contributed by atoms with van der Waals surface area (Å²) < 4.78 is 9.92. The number of carbonyl (C=O) groups is 1. The molecule has 0 unspecified atom stereocenters. The van der Waals surface area contributed by atoms with Gasteiger partial charge in [-0.05, 0) is 31.0 Å². The molecule has 0 bridgehead atoms. The minimum atomic E-state index is -0.460. The summed E-state index contributed by atoms with van der Waals surface area (Å²) in [5.74, 6) is -0.120. The SMILES string of the molecule is CCCOC(=O)C=COc1ccc(C)cc1O. The number of phenolic OH excluding ortho intramolecular Hbond substituents is 1. The number of hydrogen-bond donors (Lipinski definition) is 1. The number of aromatic hydroxyl groups is 1. The van der Waals surface area contributed by atoms with Crippen LogP contribution in [0.4, 0.5) is 0 Å². The molecule has 0 heterocycles. The third kappa shape index (κ3) is 4.59. The lowest BCUT2D eigenvalue weighted by Gasteiger charge is -2.03. The van der Waals surface area contributed by atoms with Crippen molar-refractivity contribution >= 4 is 5.97 Å². The molecule has 4 heteroatoms. The fraction of sp³-hybridized carbons (Fsp3) is 0.308. The van der Waals surface area contributed by atoms with Gasteiger partial charge in [-0.3, -0.25) is 0 Å². The zero-order valence-corrected chi connectivity index (χ0v) is 9.97. The van der Waals surface area contributed by atoms with Gasteiger partial charge in [0.05, 0.1) is 18.9 Å². The van der Waals surface area contributed by atoms with Gasteiger partial charge in [0.2, 0.25) is 0 Å². The van der Waals surface area contributed by atoms with Gasteiger partial charge in [-0.1, -0.05) is 13.0 Å². The third-order valence-electron chi connectivity index (χ3n) is 1.96. The fourth-order valence-corrected chi connectivity index (χ4v) is 1.14. The lowest BCUT2D eigenvalue weighted by molar-refractivity contribution is -0.137. The molecule has 92 valence electrons. The number of ether oxygens (including phenoxy) is 2. The quantitative estimate of drug-likeness (QED) is 0.485. The minimum Gasteiger partial charge on any atom is -0.504 e. The normalized spacial score (nSPS) is 10.5. The summed E-state index contributed by atoms with van der Waals surface area (Å²) in [5.41, 5.74) is 0.932. The van der Waals surface area contributed by atoms with Crippen molar-refractivity contribution in [1.29, 1.82) is 0 Å². The second-order valence-corrected chi connectivity index (χ2v) is 3.56. The zero-order valence-electron chi connectivity index (χ0n) is 9.97. The highest BCUT2D eigenvalue weighted by atomic mass is 16.5. The van der Waals surface area contributed by atoms with Crippen molar-refractivity contribution in [3.63, 3.8) is 0 Å². The van der Waals surface area contributed by atoms with E-state index in [2.05, 4.69) is 0 Å². The monoisotopic (exact) mass is 236 g/mol. The van der Waals surface area contributed by atoms with E-state index in [1.165, 1.54) is 12.3 Å². The summed E-state index contributed by atoms with van der Waals surface area (Å²) in [7, 11) is 0. The highest BCUT2D eigenvalue weighted by Crippen LogP contribution is 2.26. The molecule has 0 radical (unpaired) electrons. The second kappa shape index (κ2) is 6.58. The lowest BCUT2D eigenvalue weighted by Crippen LogP contribution is -2.01. The van der Waals surface area contributed by atoms with Crippen LogP contribution in [-0.2, 0) is 9.53 Å². The van der Waals surface area contributed by atoms with Gasteiger partial charge in [0, 0.05) is 0 Å². The van der Waals surface area contributed by atoms with Crippen LogP contribution in [0, 0.1) is 6.92 Å². The molecule has 0 aliphatic heterocycles. The topological polar surface area (TPSA) is 55.8 Å². The largest absolute Gasteiger partial charge is 0.504 e. The van der Waals surface area contributed by atoms with E-state index < -0.39 is 5.97 Å². The van der Waals surface area contributed by atoms with Crippen LogP contribution in [0.1, 0.15) is 18.9 Å². The first kappa shape index (κ1) is 13.1. The Morgan fingerprint density at radius 2 is 2.24 bits per heavy atom. The van der Waals surface area contributed by atoms with Gasteiger partial charge in [-0.15, -0.1) is 0 Å². The summed E-state index contributed by atoms with van der Waals surface area (Å²) in [6, 6.07) is 5.02. The Kier molecular flexibility index (Phi) is 5.07. The Balaban J connectivity index is 2.49. The van der Waals surface area contributed by atoms with Gasteiger partial charge in [-0.25, -0.2) is 4.79 Å². The van der Waals surface area contributed by atoms with Crippen LogP contribution in [0.25, 0.3) is 0 Å². The summed E-state index contributed by atoms with van der Waals surface area (Å²) in [5, 5.41) is 9.52. The van der Waals surface area contributed by atoms with E-state index in [4.69, 9.17) is 9.47 Å². The van der Waals surface area contributed by atoms with Crippen molar-refractivity contribution < 1.29 is 19.4 Å². The van der Waals surface area contributed by atoms with Gasteiger partial charge in [-0.2, -0.15) is 0 Å². The number of rotatable bonds is 5. The van der Waals surface area contributed by atoms with Crippen LogP contribution in [-0.4, -0.2) is 17.7 Å². The highest BCUT2D eigenvalue weighted by molar-refractivity contribution is 5.81. The summed E-state index contributed by atoms with van der Waals surface area (Å²) in [6.07, 6.45) is 3.15. The molecular weight excluding hydrogens is 220 g/mol. The van der Waals surface area contributed by atoms with Crippen molar-refractivity contribution in [2.24, 2.45) is 0 Å². The van der Waals surface area contributed by atoms with Crippen LogP contribution < -0.4 is 4.74 Å². The molecule has 0 atom stereocenters. The predicted molar refractivity (Wildman–Crippen MR) is 63.9 cm³/mol. The van der Waals surface area contributed by atoms with Gasteiger partial charge in [0.1, 0.15) is 0 Å². The molecule has 0 aliphatic rings. The first-order valence-electron chi connectivity index (χ1n) is 5.43. The Labute approximate surface area is 100 Å².